The van der Waals surface area contributed by atoms with Crippen molar-refractivity contribution in [1.29, 1.82) is 0 Å². The molecule has 1 N–H and O–H groups in total. The lowest BCUT2D eigenvalue weighted by Gasteiger charge is -2.14. The van der Waals surface area contributed by atoms with E-state index in [2.05, 4.69) is 43.2 Å². The van der Waals surface area contributed by atoms with Gasteiger partial charge in [-0.1, -0.05) is 17.7 Å². The average molecular weight is 276 g/mol. The molecular weight excluding hydrogens is 256 g/mol. The van der Waals surface area contributed by atoms with Crippen LogP contribution in [0.5, 0.6) is 5.75 Å². The van der Waals surface area contributed by atoms with Gasteiger partial charge in [-0.2, -0.15) is 0 Å². The van der Waals surface area contributed by atoms with Crippen LogP contribution in [0.1, 0.15) is 23.1 Å². The van der Waals surface area contributed by atoms with Crippen molar-refractivity contribution in [2.75, 3.05) is 11.9 Å². The molecule has 2 aromatic rings. The molecule has 1 aromatic carbocycles. The van der Waals surface area contributed by atoms with E-state index in [1.165, 1.54) is 10.4 Å². The van der Waals surface area contributed by atoms with Crippen molar-refractivity contribution < 1.29 is 4.74 Å². The minimum atomic E-state index is 0.228. The maximum Gasteiger partial charge on any atom is 0.183 e. The first kappa shape index (κ1) is 13.9. The second kappa shape index (κ2) is 6.06. The molecule has 102 valence electrons. The third-order valence-corrected chi connectivity index (χ3v) is 3.92. The molecule has 3 nitrogen and oxygen atoms in total. The molecule has 1 atom stereocenters. The predicted octanol–water partition coefficient (Wildman–Crippen LogP) is 3.95. The van der Waals surface area contributed by atoms with Crippen molar-refractivity contribution in [2.45, 2.75) is 33.7 Å². The summed E-state index contributed by atoms with van der Waals surface area (Å²) >= 11 is 1.69. The molecule has 0 aliphatic rings. The molecule has 0 fully saturated rings. The van der Waals surface area contributed by atoms with E-state index in [4.69, 9.17) is 4.74 Å². The van der Waals surface area contributed by atoms with Gasteiger partial charge in [-0.25, -0.2) is 4.98 Å². The Hall–Kier alpha value is -1.55. The molecule has 0 saturated heterocycles. The topological polar surface area (TPSA) is 34.1 Å². The van der Waals surface area contributed by atoms with Crippen molar-refractivity contribution >= 4 is 16.5 Å². The lowest BCUT2D eigenvalue weighted by Crippen LogP contribution is -2.23. The molecule has 0 bridgehead atoms. The first-order valence-corrected chi connectivity index (χ1v) is 7.26. The van der Waals surface area contributed by atoms with Gasteiger partial charge in [-0.3, -0.25) is 0 Å². The lowest BCUT2D eigenvalue weighted by atomic mass is 10.2. The Morgan fingerprint density at radius 1 is 1.21 bits per heavy atom. The van der Waals surface area contributed by atoms with E-state index < -0.39 is 0 Å². The summed E-state index contributed by atoms with van der Waals surface area (Å²) in [5.74, 6) is 0.908. The van der Waals surface area contributed by atoms with Crippen LogP contribution in [-0.2, 0) is 0 Å². The van der Waals surface area contributed by atoms with Gasteiger partial charge in [0.1, 0.15) is 12.4 Å². The molecule has 0 radical (unpaired) electrons. The monoisotopic (exact) mass is 276 g/mol. The van der Waals surface area contributed by atoms with Crippen molar-refractivity contribution in [1.82, 2.24) is 4.98 Å². The lowest BCUT2D eigenvalue weighted by molar-refractivity contribution is 0.304. The van der Waals surface area contributed by atoms with Gasteiger partial charge in [0.25, 0.3) is 0 Å². The molecule has 1 heterocycles. The number of hydrogen-bond acceptors (Lipinski definition) is 4. The Kier molecular flexibility index (Phi) is 4.43. The second-order valence-electron chi connectivity index (χ2n) is 4.83. The maximum atomic E-state index is 5.75. The Morgan fingerprint density at radius 2 is 1.89 bits per heavy atom. The molecule has 1 aromatic heterocycles. The van der Waals surface area contributed by atoms with Crippen LogP contribution >= 0.6 is 11.3 Å². The van der Waals surface area contributed by atoms with Crippen molar-refractivity contribution in [3.05, 3.63) is 40.4 Å². The zero-order valence-corrected chi connectivity index (χ0v) is 12.7. The van der Waals surface area contributed by atoms with Gasteiger partial charge in [-0.05, 0) is 39.8 Å². The highest BCUT2D eigenvalue weighted by Crippen LogP contribution is 2.21. The standard InChI is InChI=1S/C15H20N2OS/c1-10-5-7-14(8-6-10)18-9-11(2)16-15-17-12(3)13(4)19-15/h5-8,11H,9H2,1-4H3,(H,16,17). The molecular formula is C15H20N2OS. The molecule has 1 unspecified atom stereocenters. The fraction of sp³-hybridized carbons (Fsp3) is 0.400. The van der Waals surface area contributed by atoms with E-state index in [9.17, 15) is 0 Å². The zero-order chi connectivity index (χ0) is 13.8. The third-order valence-electron chi connectivity index (χ3n) is 2.92. The number of nitrogens with zero attached hydrogens (tertiary/aromatic N) is 1. The molecule has 0 saturated carbocycles. The molecule has 4 heteroatoms. The fourth-order valence-corrected chi connectivity index (χ4v) is 2.57. The smallest absolute Gasteiger partial charge is 0.183 e. The molecule has 0 amide bonds. The minimum absolute atomic E-state index is 0.228. The minimum Gasteiger partial charge on any atom is -0.491 e. The van der Waals surface area contributed by atoms with Crippen molar-refractivity contribution in [3.8, 4) is 5.75 Å². The normalized spacial score (nSPS) is 12.2. The Morgan fingerprint density at radius 3 is 2.47 bits per heavy atom. The highest BCUT2D eigenvalue weighted by Gasteiger charge is 2.08. The van der Waals surface area contributed by atoms with Gasteiger partial charge in [0.2, 0.25) is 0 Å². The molecule has 0 spiro atoms. The molecule has 0 aliphatic carbocycles. The third kappa shape index (κ3) is 3.96. The highest BCUT2D eigenvalue weighted by molar-refractivity contribution is 7.15. The summed E-state index contributed by atoms with van der Waals surface area (Å²) in [4.78, 5) is 5.73. The van der Waals surface area contributed by atoms with Gasteiger partial charge in [0.15, 0.2) is 5.13 Å². The van der Waals surface area contributed by atoms with E-state index in [0.717, 1.165) is 16.6 Å². The highest BCUT2D eigenvalue weighted by atomic mass is 32.1. The predicted molar refractivity (Wildman–Crippen MR) is 81.3 cm³/mol. The summed E-state index contributed by atoms with van der Waals surface area (Å²) in [6.07, 6.45) is 0. The van der Waals surface area contributed by atoms with E-state index in [1.807, 2.05) is 19.1 Å². The summed E-state index contributed by atoms with van der Waals surface area (Å²) in [6.45, 7) is 8.91. The van der Waals surface area contributed by atoms with Gasteiger partial charge >= 0.3 is 0 Å². The van der Waals surface area contributed by atoms with E-state index >= 15 is 0 Å². The van der Waals surface area contributed by atoms with Gasteiger partial charge < -0.3 is 10.1 Å². The Balaban J connectivity index is 1.84. The number of aryl methyl sites for hydroxylation is 3. The van der Waals surface area contributed by atoms with E-state index in [0.29, 0.717) is 6.61 Å². The fourth-order valence-electron chi connectivity index (χ4n) is 1.64. The number of aromatic nitrogens is 1. The van der Waals surface area contributed by atoms with Crippen LogP contribution in [0.25, 0.3) is 0 Å². The van der Waals surface area contributed by atoms with Gasteiger partial charge in [0.05, 0.1) is 11.7 Å². The number of hydrogen-bond donors (Lipinski definition) is 1. The van der Waals surface area contributed by atoms with Gasteiger partial charge in [-0.15, -0.1) is 11.3 Å². The van der Waals surface area contributed by atoms with Crippen molar-refractivity contribution in [2.24, 2.45) is 0 Å². The number of thiazole rings is 1. The Labute approximate surface area is 118 Å². The molecule has 0 aliphatic heterocycles. The second-order valence-corrected chi connectivity index (χ2v) is 6.03. The van der Waals surface area contributed by atoms with Crippen LogP contribution < -0.4 is 10.1 Å². The quantitative estimate of drug-likeness (QED) is 0.898. The van der Waals surface area contributed by atoms with E-state index in [-0.39, 0.29) is 6.04 Å². The van der Waals surface area contributed by atoms with Crippen LogP contribution in [0.15, 0.2) is 24.3 Å². The van der Waals surface area contributed by atoms with Crippen LogP contribution in [0.2, 0.25) is 0 Å². The summed E-state index contributed by atoms with van der Waals surface area (Å²) in [7, 11) is 0. The summed E-state index contributed by atoms with van der Waals surface area (Å²) in [5.41, 5.74) is 2.34. The first-order valence-electron chi connectivity index (χ1n) is 6.44. The molecule has 19 heavy (non-hydrogen) atoms. The summed E-state index contributed by atoms with van der Waals surface area (Å²) in [5, 5.41) is 4.34. The zero-order valence-electron chi connectivity index (χ0n) is 11.9. The molecule has 2 rings (SSSR count). The maximum absolute atomic E-state index is 5.75. The summed E-state index contributed by atoms with van der Waals surface area (Å²) in [6, 6.07) is 8.34. The first-order chi connectivity index (χ1) is 9.04. The SMILES string of the molecule is Cc1ccc(OCC(C)Nc2nc(C)c(C)s2)cc1. The van der Waals surface area contributed by atoms with E-state index in [1.54, 1.807) is 11.3 Å². The number of ether oxygens (including phenoxy) is 1. The van der Waals surface area contributed by atoms with Gasteiger partial charge in [0, 0.05) is 4.88 Å². The van der Waals surface area contributed by atoms with Crippen LogP contribution in [-0.4, -0.2) is 17.6 Å². The number of benzene rings is 1. The number of nitrogens with one attached hydrogen (secondary N) is 1. The average Bonchev–Trinajstić information content (AvgIpc) is 2.67. The summed E-state index contributed by atoms with van der Waals surface area (Å²) < 4.78 is 5.75. The Bertz CT molecular complexity index is 514. The van der Waals surface area contributed by atoms with Crippen LogP contribution in [0.3, 0.4) is 0 Å². The van der Waals surface area contributed by atoms with Crippen LogP contribution in [0, 0.1) is 20.8 Å². The van der Waals surface area contributed by atoms with Crippen molar-refractivity contribution in [3.63, 3.8) is 0 Å². The van der Waals surface area contributed by atoms with Crippen LogP contribution in [0.4, 0.5) is 5.13 Å². The number of anilines is 1. The largest absolute Gasteiger partial charge is 0.491 e. The number of rotatable bonds is 5.